The number of nitrogens with two attached hydrogens (primary N) is 1. The third kappa shape index (κ3) is 2.91. The maximum atomic E-state index is 12.2. The Bertz CT molecular complexity index is 674. The summed E-state index contributed by atoms with van der Waals surface area (Å²) in [5, 5.41) is 4.01. The first kappa shape index (κ1) is 14.3. The predicted molar refractivity (Wildman–Crippen MR) is 79.0 cm³/mol. The number of aromatic nitrogens is 1. The number of methoxy groups -OCH3 is 1. The quantitative estimate of drug-likeness (QED) is 0.868. The van der Waals surface area contributed by atoms with E-state index in [4.69, 9.17) is 5.73 Å². The van der Waals surface area contributed by atoms with E-state index in [0.717, 1.165) is 11.1 Å². The van der Waals surface area contributed by atoms with Crippen LogP contribution >= 0.6 is 11.3 Å². The van der Waals surface area contributed by atoms with Gasteiger partial charge in [-0.25, -0.2) is 0 Å². The van der Waals surface area contributed by atoms with Crippen LogP contribution in [0.4, 0.5) is 5.69 Å². The fourth-order valence-electron chi connectivity index (χ4n) is 2.00. The van der Waals surface area contributed by atoms with Gasteiger partial charge in [0, 0.05) is 12.1 Å². The second-order valence-corrected chi connectivity index (χ2v) is 5.28. The summed E-state index contributed by atoms with van der Waals surface area (Å²) in [6, 6.07) is 3.84. The molecule has 0 aromatic carbocycles. The third-order valence-electron chi connectivity index (χ3n) is 3.12. The van der Waals surface area contributed by atoms with Crippen LogP contribution in [-0.2, 0) is 22.5 Å². The van der Waals surface area contributed by atoms with E-state index in [1.165, 1.54) is 11.7 Å². The summed E-state index contributed by atoms with van der Waals surface area (Å²) >= 11 is 1.60. The maximum Gasteiger partial charge on any atom is 0.325 e. The highest BCUT2D eigenvalue weighted by molar-refractivity contribution is 7.07. The first-order valence-electron chi connectivity index (χ1n) is 6.09. The normalized spacial score (nSPS) is 10.5. The highest BCUT2D eigenvalue weighted by atomic mass is 32.1. The number of carbonyl (C=O) groups excluding carboxylic acids is 1. The summed E-state index contributed by atoms with van der Waals surface area (Å²) in [7, 11) is 1.29. The van der Waals surface area contributed by atoms with Gasteiger partial charge in [0.05, 0.1) is 7.11 Å². The van der Waals surface area contributed by atoms with Crippen molar-refractivity contribution >= 4 is 23.0 Å². The Morgan fingerprint density at radius 1 is 1.50 bits per heavy atom. The van der Waals surface area contributed by atoms with Crippen LogP contribution in [0.15, 0.2) is 27.7 Å². The first-order valence-corrected chi connectivity index (χ1v) is 7.04. The van der Waals surface area contributed by atoms with Gasteiger partial charge in [-0.15, -0.1) is 0 Å². The molecule has 2 N–H and O–H groups in total. The zero-order chi connectivity index (χ0) is 14.7. The number of pyridine rings is 1. The molecule has 0 saturated heterocycles. The van der Waals surface area contributed by atoms with Gasteiger partial charge in [0.15, 0.2) is 0 Å². The van der Waals surface area contributed by atoms with Crippen LogP contribution in [0.5, 0.6) is 0 Å². The summed E-state index contributed by atoms with van der Waals surface area (Å²) in [6.07, 6.45) is 0.616. The Morgan fingerprint density at radius 3 is 2.85 bits per heavy atom. The van der Waals surface area contributed by atoms with E-state index in [9.17, 15) is 9.59 Å². The van der Waals surface area contributed by atoms with Gasteiger partial charge in [-0.1, -0.05) is 0 Å². The third-order valence-corrected chi connectivity index (χ3v) is 3.85. The highest BCUT2D eigenvalue weighted by Crippen LogP contribution is 2.17. The molecule has 2 heterocycles. The first-order chi connectivity index (χ1) is 9.52. The van der Waals surface area contributed by atoms with Gasteiger partial charge >= 0.3 is 5.97 Å². The number of hydrogen-bond donors (Lipinski definition) is 1. The maximum absolute atomic E-state index is 12.2. The standard InChI is InChI=1S/C14H16N2O3S/c1-9-5-11(6-10-3-4-20-8-10)13(15)14(18)16(9)7-12(17)19-2/h3-5,8H,6-7,15H2,1-2H3. The van der Waals surface area contributed by atoms with Crippen LogP contribution in [0.1, 0.15) is 16.8 Å². The van der Waals surface area contributed by atoms with Gasteiger partial charge in [0.2, 0.25) is 0 Å². The van der Waals surface area contributed by atoms with Crippen molar-refractivity contribution in [3.8, 4) is 0 Å². The van der Waals surface area contributed by atoms with Crippen LogP contribution in [0.2, 0.25) is 0 Å². The summed E-state index contributed by atoms with van der Waals surface area (Å²) in [5.41, 5.74) is 8.34. The van der Waals surface area contributed by atoms with E-state index >= 15 is 0 Å². The van der Waals surface area contributed by atoms with Crippen molar-refractivity contribution < 1.29 is 9.53 Å². The monoisotopic (exact) mass is 292 g/mol. The molecule has 0 bridgehead atoms. The van der Waals surface area contributed by atoms with Gasteiger partial charge in [0.25, 0.3) is 5.56 Å². The number of thiophene rings is 1. The zero-order valence-electron chi connectivity index (χ0n) is 11.4. The number of anilines is 1. The van der Waals surface area contributed by atoms with Crippen molar-refractivity contribution in [2.24, 2.45) is 0 Å². The summed E-state index contributed by atoms with van der Waals surface area (Å²) in [5.74, 6) is -0.472. The lowest BCUT2D eigenvalue weighted by atomic mass is 10.1. The van der Waals surface area contributed by atoms with E-state index in [1.54, 1.807) is 18.3 Å². The molecule has 2 rings (SSSR count). The number of rotatable bonds is 4. The summed E-state index contributed by atoms with van der Waals surface area (Å²) in [4.78, 5) is 23.5. The Hall–Kier alpha value is -2.08. The Labute approximate surface area is 120 Å². The van der Waals surface area contributed by atoms with Crippen LogP contribution in [-0.4, -0.2) is 17.6 Å². The van der Waals surface area contributed by atoms with E-state index < -0.39 is 5.97 Å². The van der Waals surface area contributed by atoms with E-state index in [2.05, 4.69) is 4.74 Å². The van der Waals surface area contributed by atoms with Crippen LogP contribution in [0.3, 0.4) is 0 Å². The molecule has 0 amide bonds. The molecular formula is C14H16N2O3S. The number of nitrogen functional groups attached to an aromatic ring is 1. The molecule has 0 fully saturated rings. The fraction of sp³-hybridized carbons (Fsp3) is 0.286. The zero-order valence-corrected chi connectivity index (χ0v) is 12.2. The van der Waals surface area contributed by atoms with Crippen molar-refractivity contribution in [3.05, 3.63) is 50.1 Å². The minimum absolute atomic E-state index is 0.121. The molecule has 2 aromatic rings. The Kier molecular flexibility index (Phi) is 4.24. The molecule has 0 aliphatic heterocycles. The number of nitrogens with zero attached hydrogens (tertiary/aromatic N) is 1. The number of esters is 1. The topological polar surface area (TPSA) is 74.3 Å². The SMILES string of the molecule is COC(=O)Cn1c(C)cc(Cc2ccsc2)c(N)c1=O. The molecule has 0 spiro atoms. The predicted octanol–water partition coefficient (Wildman–Crippen LogP) is 1.56. The number of hydrogen-bond acceptors (Lipinski definition) is 5. The molecule has 0 unspecified atom stereocenters. The molecule has 0 saturated carbocycles. The summed E-state index contributed by atoms with van der Waals surface area (Å²) < 4.78 is 5.91. The largest absolute Gasteiger partial charge is 0.468 e. The van der Waals surface area contributed by atoms with Crippen molar-refractivity contribution in [1.29, 1.82) is 0 Å². The summed E-state index contributed by atoms with van der Waals surface area (Å²) in [6.45, 7) is 1.66. The van der Waals surface area contributed by atoms with E-state index in [-0.39, 0.29) is 17.8 Å². The van der Waals surface area contributed by atoms with Crippen molar-refractivity contribution in [3.63, 3.8) is 0 Å². The average molecular weight is 292 g/mol. The molecule has 106 valence electrons. The Morgan fingerprint density at radius 2 is 2.25 bits per heavy atom. The van der Waals surface area contributed by atoms with E-state index in [1.807, 2.05) is 22.9 Å². The second-order valence-electron chi connectivity index (χ2n) is 4.50. The van der Waals surface area contributed by atoms with E-state index in [0.29, 0.717) is 12.1 Å². The lowest BCUT2D eigenvalue weighted by Gasteiger charge is -2.13. The molecule has 0 atom stereocenters. The minimum Gasteiger partial charge on any atom is -0.468 e. The van der Waals surface area contributed by atoms with Crippen LogP contribution < -0.4 is 11.3 Å². The smallest absolute Gasteiger partial charge is 0.325 e. The average Bonchev–Trinajstić information content (AvgIpc) is 2.93. The number of aryl methyl sites for hydroxylation is 1. The van der Waals surface area contributed by atoms with Crippen molar-refractivity contribution in [2.75, 3.05) is 12.8 Å². The van der Waals surface area contributed by atoms with Gasteiger partial charge in [-0.3, -0.25) is 14.2 Å². The molecular weight excluding hydrogens is 276 g/mol. The second kappa shape index (κ2) is 5.92. The highest BCUT2D eigenvalue weighted by Gasteiger charge is 2.13. The number of carbonyl (C=O) groups is 1. The molecule has 2 aromatic heterocycles. The molecule has 20 heavy (non-hydrogen) atoms. The molecule has 6 heteroatoms. The van der Waals surface area contributed by atoms with Crippen LogP contribution in [0.25, 0.3) is 0 Å². The van der Waals surface area contributed by atoms with Gasteiger partial charge in [0.1, 0.15) is 12.2 Å². The lowest BCUT2D eigenvalue weighted by molar-refractivity contribution is -0.141. The molecule has 0 aliphatic rings. The Balaban J connectivity index is 2.38. The van der Waals surface area contributed by atoms with Crippen LogP contribution in [0, 0.1) is 6.92 Å². The van der Waals surface area contributed by atoms with Gasteiger partial charge < -0.3 is 10.5 Å². The van der Waals surface area contributed by atoms with Crippen molar-refractivity contribution in [1.82, 2.24) is 4.57 Å². The lowest BCUT2D eigenvalue weighted by Crippen LogP contribution is -2.29. The molecule has 0 radical (unpaired) electrons. The van der Waals surface area contributed by atoms with Gasteiger partial charge in [-0.2, -0.15) is 11.3 Å². The number of ether oxygens (including phenoxy) is 1. The van der Waals surface area contributed by atoms with Crippen molar-refractivity contribution in [2.45, 2.75) is 19.9 Å². The minimum atomic E-state index is -0.472. The fourth-order valence-corrected chi connectivity index (χ4v) is 2.67. The molecule has 0 aliphatic carbocycles. The molecule has 5 nitrogen and oxygen atoms in total. The van der Waals surface area contributed by atoms with Gasteiger partial charge in [-0.05, 0) is 40.9 Å².